The van der Waals surface area contributed by atoms with Gasteiger partial charge in [-0.3, -0.25) is 0 Å². The first-order valence-corrected chi connectivity index (χ1v) is 10.7. The summed E-state index contributed by atoms with van der Waals surface area (Å²) in [5.74, 6) is -0.356. The standard InChI is InChI=1S/C30H22O2/c31-30(19-18-23-12-4-6-14-26(23)22-10-2-1-3-11-22)32-21-25-20-24-13-5-7-15-27(24)29-17-9-8-16-28(25)29/h1-20H,21H2/b19-18+. The van der Waals surface area contributed by atoms with Gasteiger partial charge in [-0.25, -0.2) is 4.79 Å². The summed E-state index contributed by atoms with van der Waals surface area (Å²) in [7, 11) is 0. The number of hydrogen-bond donors (Lipinski definition) is 0. The molecule has 2 nitrogen and oxygen atoms in total. The zero-order chi connectivity index (χ0) is 21.8. The maximum atomic E-state index is 12.5. The summed E-state index contributed by atoms with van der Waals surface area (Å²) in [5, 5.41) is 4.63. The molecule has 0 heterocycles. The Labute approximate surface area is 187 Å². The number of hydrogen-bond acceptors (Lipinski definition) is 2. The normalized spacial score (nSPS) is 11.2. The van der Waals surface area contributed by atoms with Crippen molar-refractivity contribution in [1.29, 1.82) is 0 Å². The maximum absolute atomic E-state index is 12.5. The third-order valence-corrected chi connectivity index (χ3v) is 5.67. The van der Waals surface area contributed by atoms with Gasteiger partial charge in [0, 0.05) is 6.08 Å². The molecule has 154 valence electrons. The van der Waals surface area contributed by atoms with E-state index in [0.717, 1.165) is 33.0 Å². The Morgan fingerprint density at radius 2 is 1.34 bits per heavy atom. The molecule has 5 aromatic carbocycles. The smallest absolute Gasteiger partial charge is 0.331 e. The van der Waals surface area contributed by atoms with Crippen molar-refractivity contribution in [3.8, 4) is 11.1 Å². The van der Waals surface area contributed by atoms with Crippen molar-refractivity contribution in [1.82, 2.24) is 0 Å². The number of benzene rings is 5. The van der Waals surface area contributed by atoms with Crippen molar-refractivity contribution in [2.45, 2.75) is 6.61 Å². The topological polar surface area (TPSA) is 26.3 Å². The van der Waals surface area contributed by atoms with Crippen LogP contribution in [0, 0.1) is 0 Å². The molecule has 32 heavy (non-hydrogen) atoms. The van der Waals surface area contributed by atoms with E-state index in [1.165, 1.54) is 16.8 Å². The first-order chi connectivity index (χ1) is 15.8. The van der Waals surface area contributed by atoms with Crippen LogP contribution in [-0.2, 0) is 16.1 Å². The van der Waals surface area contributed by atoms with Crippen molar-refractivity contribution in [2.75, 3.05) is 0 Å². The van der Waals surface area contributed by atoms with Gasteiger partial charge in [0.2, 0.25) is 0 Å². The molecule has 0 unspecified atom stereocenters. The molecule has 0 aliphatic rings. The van der Waals surface area contributed by atoms with Crippen molar-refractivity contribution < 1.29 is 9.53 Å². The highest BCUT2D eigenvalue weighted by Crippen LogP contribution is 2.29. The SMILES string of the molecule is O=C(/C=C/c1ccccc1-c1ccccc1)OCc1cc2ccccc2c2ccccc12. The highest BCUT2D eigenvalue weighted by molar-refractivity contribution is 6.09. The van der Waals surface area contributed by atoms with E-state index in [0.29, 0.717) is 0 Å². The second-order valence-corrected chi connectivity index (χ2v) is 7.70. The van der Waals surface area contributed by atoms with E-state index < -0.39 is 0 Å². The first kappa shape index (κ1) is 19.8. The van der Waals surface area contributed by atoms with Gasteiger partial charge in [-0.1, -0.05) is 103 Å². The minimum Gasteiger partial charge on any atom is -0.458 e. The number of ether oxygens (including phenoxy) is 1. The van der Waals surface area contributed by atoms with Crippen LogP contribution in [0.4, 0.5) is 0 Å². The van der Waals surface area contributed by atoms with E-state index in [1.54, 1.807) is 0 Å². The van der Waals surface area contributed by atoms with Crippen LogP contribution >= 0.6 is 0 Å². The Hall–Kier alpha value is -4.17. The van der Waals surface area contributed by atoms with Crippen molar-refractivity contribution in [3.63, 3.8) is 0 Å². The van der Waals surface area contributed by atoms with Gasteiger partial charge in [-0.05, 0) is 55.9 Å². The molecule has 0 aliphatic carbocycles. The molecule has 0 radical (unpaired) electrons. The Balaban J connectivity index is 1.37. The lowest BCUT2D eigenvalue weighted by molar-refractivity contribution is -0.138. The van der Waals surface area contributed by atoms with E-state index in [9.17, 15) is 4.79 Å². The number of fused-ring (bicyclic) bond motifs is 3. The molecule has 0 saturated carbocycles. The van der Waals surface area contributed by atoms with E-state index in [-0.39, 0.29) is 12.6 Å². The van der Waals surface area contributed by atoms with Crippen LogP contribution < -0.4 is 0 Å². The Bertz CT molecular complexity index is 1430. The third kappa shape index (κ3) is 4.03. The molecular weight excluding hydrogens is 392 g/mol. The maximum Gasteiger partial charge on any atom is 0.331 e. The Morgan fingerprint density at radius 1 is 0.688 bits per heavy atom. The quantitative estimate of drug-likeness (QED) is 0.170. The molecule has 5 aromatic rings. The molecule has 0 spiro atoms. The van der Waals surface area contributed by atoms with Gasteiger partial charge in [0.05, 0.1) is 0 Å². The fraction of sp³-hybridized carbons (Fsp3) is 0.0333. The van der Waals surface area contributed by atoms with Gasteiger partial charge >= 0.3 is 5.97 Å². The molecule has 0 aromatic heterocycles. The number of rotatable bonds is 5. The average molecular weight is 415 g/mol. The van der Waals surface area contributed by atoms with Crippen molar-refractivity contribution in [2.24, 2.45) is 0 Å². The summed E-state index contributed by atoms with van der Waals surface area (Å²) in [4.78, 5) is 12.5. The van der Waals surface area contributed by atoms with Crippen LogP contribution in [0.3, 0.4) is 0 Å². The molecule has 0 N–H and O–H groups in total. The molecule has 2 heteroatoms. The number of carbonyl (C=O) groups excluding carboxylic acids is 1. The van der Waals surface area contributed by atoms with E-state index in [1.807, 2.05) is 66.7 Å². The lowest BCUT2D eigenvalue weighted by Gasteiger charge is -2.10. The van der Waals surface area contributed by atoms with Crippen LogP contribution in [-0.4, -0.2) is 5.97 Å². The van der Waals surface area contributed by atoms with E-state index in [2.05, 4.69) is 48.5 Å². The summed E-state index contributed by atoms with van der Waals surface area (Å²) >= 11 is 0. The second-order valence-electron chi connectivity index (χ2n) is 7.70. The fourth-order valence-electron chi connectivity index (χ4n) is 4.13. The molecule has 0 amide bonds. The first-order valence-electron chi connectivity index (χ1n) is 10.7. The lowest BCUT2D eigenvalue weighted by Crippen LogP contribution is -2.01. The highest BCUT2D eigenvalue weighted by atomic mass is 16.5. The van der Waals surface area contributed by atoms with Gasteiger partial charge in [0.1, 0.15) is 6.61 Å². The molecule has 0 aliphatic heterocycles. The molecule has 0 bridgehead atoms. The summed E-state index contributed by atoms with van der Waals surface area (Å²) in [6.45, 7) is 0.231. The second kappa shape index (κ2) is 8.91. The lowest BCUT2D eigenvalue weighted by atomic mass is 9.98. The number of carbonyl (C=O) groups is 1. The third-order valence-electron chi connectivity index (χ3n) is 5.67. The van der Waals surface area contributed by atoms with Gasteiger partial charge in [-0.15, -0.1) is 0 Å². The van der Waals surface area contributed by atoms with Crippen LogP contribution in [0.1, 0.15) is 11.1 Å². The molecule has 5 rings (SSSR count). The molecule has 0 atom stereocenters. The summed E-state index contributed by atoms with van der Waals surface area (Å²) in [5.41, 5.74) is 4.18. The highest BCUT2D eigenvalue weighted by Gasteiger charge is 2.08. The summed E-state index contributed by atoms with van der Waals surface area (Å²) in [6.07, 6.45) is 3.33. The van der Waals surface area contributed by atoms with Gasteiger partial charge in [0.25, 0.3) is 0 Å². The van der Waals surface area contributed by atoms with E-state index in [4.69, 9.17) is 4.74 Å². The van der Waals surface area contributed by atoms with E-state index >= 15 is 0 Å². The fourth-order valence-corrected chi connectivity index (χ4v) is 4.13. The van der Waals surface area contributed by atoms with Gasteiger partial charge < -0.3 is 4.74 Å². The monoisotopic (exact) mass is 414 g/mol. The van der Waals surface area contributed by atoms with Crippen molar-refractivity contribution >= 4 is 33.6 Å². The Kier molecular flexibility index (Phi) is 5.50. The number of esters is 1. The minimum atomic E-state index is -0.356. The summed E-state index contributed by atoms with van der Waals surface area (Å²) < 4.78 is 5.63. The summed E-state index contributed by atoms with van der Waals surface area (Å²) in [6, 6.07) is 36.8. The van der Waals surface area contributed by atoms with Crippen LogP contribution in [0.5, 0.6) is 0 Å². The minimum absolute atomic E-state index is 0.231. The predicted molar refractivity (Wildman–Crippen MR) is 132 cm³/mol. The zero-order valence-electron chi connectivity index (χ0n) is 17.6. The van der Waals surface area contributed by atoms with Crippen LogP contribution in [0.2, 0.25) is 0 Å². The zero-order valence-corrected chi connectivity index (χ0v) is 17.6. The van der Waals surface area contributed by atoms with Gasteiger partial charge in [0.15, 0.2) is 0 Å². The van der Waals surface area contributed by atoms with Gasteiger partial charge in [-0.2, -0.15) is 0 Å². The van der Waals surface area contributed by atoms with Crippen LogP contribution in [0.25, 0.3) is 38.7 Å². The Morgan fingerprint density at radius 3 is 2.19 bits per heavy atom. The molecule has 0 fully saturated rings. The molecular formula is C30H22O2. The predicted octanol–water partition coefficient (Wildman–Crippen LogP) is 7.42. The van der Waals surface area contributed by atoms with Crippen LogP contribution in [0.15, 0.2) is 115 Å². The van der Waals surface area contributed by atoms with Crippen molar-refractivity contribution in [3.05, 3.63) is 126 Å². The largest absolute Gasteiger partial charge is 0.458 e. The average Bonchev–Trinajstić information content (AvgIpc) is 2.87. The molecule has 0 saturated heterocycles.